The van der Waals surface area contributed by atoms with Crippen LogP contribution in [0.15, 0.2) is 79.1 Å². The van der Waals surface area contributed by atoms with E-state index < -0.39 is 6.17 Å². The van der Waals surface area contributed by atoms with Crippen molar-refractivity contribution in [2.24, 2.45) is 0 Å². The van der Waals surface area contributed by atoms with Crippen LogP contribution in [-0.2, 0) is 0 Å². The van der Waals surface area contributed by atoms with E-state index in [9.17, 15) is 13.6 Å². The van der Waals surface area contributed by atoms with Crippen molar-refractivity contribution >= 4 is 22.8 Å². The highest BCUT2D eigenvalue weighted by molar-refractivity contribution is 6.09. The zero-order chi connectivity index (χ0) is 21.4. The number of carbonyl (C=O) groups excluding carboxylic acids is 1. The van der Waals surface area contributed by atoms with Gasteiger partial charge in [-0.15, -0.1) is 0 Å². The maximum Gasteiger partial charge on any atom is 0.259 e. The first-order valence-electron chi connectivity index (χ1n) is 10.1. The molecule has 2 unspecified atom stereocenters. The van der Waals surface area contributed by atoms with Crippen LogP contribution in [0.2, 0.25) is 0 Å². The predicted octanol–water partition coefficient (Wildman–Crippen LogP) is 5.02. The fraction of sp³-hybridized carbons (Fsp3) is 0.167. The van der Waals surface area contributed by atoms with E-state index in [0.717, 1.165) is 11.3 Å². The van der Waals surface area contributed by atoms with E-state index in [1.807, 2.05) is 53.4 Å². The Balaban J connectivity index is 1.49. The number of rotatable bonds is 4. The third kappa shape index (κ3) is 3.74. The van der Waals surface area contributed by atoms with Crippen molar-refractivity contribution in [3.8, 4) is 0 Å². The van der Waals surface area contributed by atoms with Gasteiger partial charge in [-0.3, -0.25) is 4.79 Å². The lowest BCUT2D eigenvalue weighted by Gasteiger charge is -2.27. The van der Waals surface area contributed by atoms with Crippen LogP contribution in [0.5, 0.6) is 0 Å². The smallest absolute Gasteiger partial charge is 0.259 e. The standard InChI is InChI=1S/C24H20F2N4O/c25-17-6-4-5-16(11-17)22-12-18(26)15-29(22)20-9-10-30-23(13-20)21(14-27-30)24(31)28-19-7-2-1-3-8-19/h1-11,13-14,18,22H,12,15H2,(H,28,31). The Labute approximate surface area is 177 Å². The van der Waals surface area contributed by atoms with Crippen LogP contribution in [0.25, 0.3) is 5.52 Å². The highest BCUT2D eigenvalue weighted by Crippen LogP contribution is 2.38. The first-order valence-corrected chi connectivity index (χ1v) is 10.1. The maximum absolute atomic E-state index is 14.4. The molecule has 1 fully saturated rings. The van der Waals surface area contributed by atoms with Crippen molar-refractivity contribution in [3.63, 3.8) is 0 Å². The van der Waals surface area contributed by atoms with Gasteiger partial charge in [-0.1, -0.05) is 30.3 Å². The molecular weight excluding hydrogens is 398 g/mol. The van der Waals surface area contributed by atoms with Gasteiger partial charge in [0.2, 0.25) is 0 Å². The number of benzene rings is 2. The number of alkyl halides is 1. The van der Waals surface area contributed by atoms with Crippen LogP contribution in [0, 0.1) is 5.82 Å². The Morgan fingerprint density at radius 3 is 2.71 bits per heavy atom. The number of hydrogen-bond donors (Lipinski definition) is 1. The molecule has 0 spiro atoms. The van der Waals surface area contributed by atoms with Gasteiger partial charge in [-0.05, 0) is 42.0 Å². The molecule has 2 atom stereocenters. The Morgan fingerprint density at radius 2 is 1.90 bits per heavy atom. The molecule has 1 aliphatic heterocycles. The summed E-state index contributed by atoms with van der Waals surface area (Å²) in [5.74, 6) is -0.615. The number of hydrogen-bond acceptors (Lipinski definition) is 3. The molecule has 0 radical (unpaired) electrons. The molecule has 5 nitrogen and oxygen atoms in total. The predicted molar refractivity (Wildman–Crippen MR) is 116 cm³/mol. The molecule has 2 aromatic carbocycles. The second-order valence-electron chi connectivity index (χ2n) is 7.65. The summed E-state index contributed by atoms with van der Waals surface area (Å²) in [5, 5.41) is 7.13. The van der Waals surface area contributed by atoms with Crippen molar-refractivity contribution in [1.29, 1.82) is 0 Å². The van der Waals surface area contributed by atoms with E-state index in [1.54, 1.807) is 16.8 Å². The van der Waals surface area contributed by atoms with Gasteiger partial charge in [0.1, 0.15) is 12.0 Å². The summed E-state index contributed by atoms with van der Waals surface area (Å²) < 4.78 is 29.8. The molecule has 31 heavy (non-hydrogen) atoms. The minimum Gasteiger partial charge on any atom is -0.361 e. The van der Waals surface area contributed by atoms with Crippen LogP contribution < -0.4 is 10.2 Å². The monoisotopic (exact) mass is 418 g/mol. The van der Waals surface area contributed by atoms with E-state index in [-0.39, 0.29) is 30.7 Å². The zero-order valence-electron chi connectivity index (χ0n) is 16.6. The molecule has 156 valence electrons. The highest BCUT2D eigenvalue weighted by atomic mass is 19.1. The lowest BCUT2D eigenvalue weighted by Crippen LogP contribution is -2.24. The Hall–Kier alpha value is -3.74. The van der Waals surface area contributed by atoms with Crippen LogP contribution in [0.3, 0.4) is 0 Å². The number of fused-ring (bicyclic) bond motifs is 1. The van der Waals surface area contributed by atoms with E-state index in [2.05, 4.69) is 10.4 Å². The topological polar surface area (TPSA) is 49.6 Å². The third-order valence-corrected chi connectivity index (χ3v) is 5.60. The van der Waals surface area contributed by atoms with Crippen LogP contribution >= 0.6 is 0 Å². The number of anilines is 2. The molecule has 4 aromatic rings. The lowest BCUT2D eigenvalue weighted by molar-refractivity contribution is 0.102. The number of nitrogens with zero attached hydrogens (tertiary/aromatic N) is 3. The Kier molecular flexibility index (Phi) is 4.86. The SMILES string of the molecule is O=C(Nc1ccccc1)c1cnn2ccc(N3CC(F)CC3c3cccc(F)c3)cc12. The van der Waals surface area contributed by atoms with E-state index in [0.29, 0.717) is 16.8 Å². The number of pyridine rings is 1. The Morgan fingerprint density at radius 1 is 1.06 bits per heavy atom. The average Bonchev–Trinajstić information content (AvgIpc) is 3.37. The summed E-state index contributed by atoms with van der Waals surface area (Å²) >= 11 is 0. The van der Waals surface area contributed by atoms with Gasteiger partial charge < -0.3 is 10.2 Å². The van der Waals surface area contributed by atoms with Gasteiger partial charge in [0.25, 0.3) is 5.91 Å². The number of para-hydroxylation sites is 1. The van der Waals surface area contributed by atoms with Crippen molar-refractivity contribution in [1.82, 2.24) is 9.61 Å². The van der Waals surface area contributed by atoms with E-state index >= 15 is 0 Å². The lowest BCUT2D eigenvalue weighted by atomic mass is 10.0. The molecule has 1 saturated heterocycles. The number of amides is 1. The van der Waals surface area contributed by atoms with Crippen LogP contribution in [0.1, 0.15) is 28.4 Å². The molecule has 0 saturated carbocycles. The van der Waals surface area contributed by atoms with E-state index in [1.165, 1.54) is 18.3 Å². The molecule has 2 aromatic heterocycles. The largest absolute Gasteiger partial charge is 0.361 e. The maximum atomic E-state index is 14.4. The van der Waals surface area contributed by atoms with Gasteiger partial charge in [-0.25, -0.2) is 13.3 Å². The van der Waals surface area contributed by atoms with Gasteiger partial charge in [-0.2, -0.15) is 5.10 Å². The van der Waals surface area contributed by atoms with Crippen molar-refractivity contribution in [2.75, 3.05) is 16.8 Å². The molecule has 3 heterocycles. The highest BCUT2D eigenvalue weighted by Gasteiger charge is 2.34. The third-order valence-electron chi connectivity index (χ3n) is 5.60. The molecule has 1 amide bonds. The minimum absolute atomic E-state index is 0.205. The molecule has 7 heteroatoms. The molecule has 1 N–H and O–H groups in total. The second-order valence-corrected chi connectivity index (χ2v) is 7.65. The quantitative estimate of drug-likeness (QED) is 0.507. The molecule has 5 rings (SSSR count). The number of carbonyl (C=O) groups is 1. The summed E-state index contributed by atoms with van der Waals surface area (Å²) in [6, 6.07) is 18.9. The van der Waals surface area contributed by atoms with Crippen molar-refractivity contribution in [2.45, 2.75) is 18.6 Å². The van der Waals surface area contributed by atoms with E-state index in [4.69, 9.17) is 0 Å². The Bertz CT molecular complexity index is 1240. The van der Waals surface area contributed by atoms with Gasteiger partial charge >= 0.3 is 0 Å². The number of aromatic nitrogens is 2. The van der Waals surface area contributed by atoms with Gasteiger partial charge in [0.05, 0.1) is 23.3 Å². The average molecular weight is 418 g/mol. The van der Waals surface area contributed by atoms with Crippen molar-refractivity contribution in [3.05, 3.63) is 96.1 Å². The van der Waals surface area contributed by atoms with Crippen molar-refractivity contribution < 1.29 is 13.6 Å². The molecule has 0 bridgehead atoms. The van der Waals surface area contributed by atoms with Gasteiger partial charge in [0, 0.05) is 30.5 Å². The molecular formula is C24H20F2N4O. The summed E-state index contributed by atoms with van der Waals surface area (Å²) in [6.07, 6.45) is 2.53. The number of halogens is 2. The second kappa shape index (κ2) is 7.83. The zero-order valence-corrected chi connectivity index (χ0v) is 16.6. The number of nitrogens with one attached hydrogen (secondary N) is 1. The van der Waals surface area contributed by atoms with Crippen LogP contribution in [0.4, 0.5) is 20.2 Å². The molecule has 0 aliphatic carbocycles. The summed E-state index contributed by atoms with van der Waals surface area (Å²) in [7, 11) is 0. The van der Waals surface area contributed by atoms with Gasteiger partial charge in [0.15, 0.2) is 0 Å². The minimum atomic E-state index is -1.02. The summed E-state index contributed by atoms with van der Waals surface area (Å²) in [5.41, 5.74) is 3.22. The normalized spacial score (nSPS) is 18.5. The fourth-order valence-electron chi connectivity index (χ4n) is 4.14. The molecule has 1 aliphatic rings. The van der Waals surface area contributed by atoms with Crippen LogP contribution in [-0.4, -0.2) is 28.2 Å². The first kappa shape index (κ1) is 19.2. The summed E-state index contributed by atoms with van der Waals surface area (Å²) in [4.78, 5) is 14.7. The summed E-state index contributed by atoms with van der Waals surface area (Å²) in [6.45, 7) is 0.205. The first-order chi connectivity index (χ1) is 15.1. The fourth-order valence-corrected chi connectivity index (χ4v) is 4.14.